The van der Waals surface area contributed by atoms with Crippen LogP contribution in [-0.2, 0) is 9.59 Å². The first kappa shape index (κ1) is 29.3. The molecule has 10 nitrogen and oxygen atoms in total. The third kappa shape index (κ3) is 6.99. The maximum absolute atomic E-state index is 12.9. The number of hydrogen-bond donors (Lipinski definition) is 1. The van der Waals surface area contributed by atoms with Gasteiger partial charge in [0.2, 0.25) is 12.3 Å². The summed E-state index contributed by atoms with van der Waals surface area (Å²) in [4.78, 5) is 41.0. The highest BCUT2D eigenvalue weighted by molar-refractivity contribution is 6.01. The first-order chi connectivity index (χ1) is 20.9. The van der Waals surface area contributed by atoms with Crippen LogP contribution in [0.3, 0.4) is 0 Å². The molecule has 0 aliphatic heterocycles. The summed E-state index contributed by atoms with van der Waals surface area (Å²) in [5, 5.41) is 0. The van der Waals surface area contributed by atoms with Gasteiger partial charge >= 0.3 is 0 Å². The van der Waals surface area contributed by atoms with Gasteiger partial charge in [0.25, 0.3) is 0 Å². The summed E-state index contributed by atoms with van der Waals surface area (Å²) in [5.74, 6) is 1.76. The number of benzene rings is 3. The fourth-order valence-electron chi connectivity index (χ4n) is 4.66. The van der Waals surface area contributed by atoms with Crippen molar-refractivity contribution in [3.63, 3.8) is 0 Å². The Morgan fingerprint density at radius 3 is 2.30 bits per heavy atom. The number of aromatic nitrogens is 2. The highest BCUT2D eigenvalue weighted by atomic mass is 16.5. The lowest BCUT2D eigenvalue weighted by atomic mass is 10.2. The van der Waals surface area contributed by atoms with Gasteiger partial charge in [-0.25, -0.2) is 9.97 Å². The quantitative estimate of drug-likeness (QED) is 0.173. The third-order valence-electron chi connectivity index (χ3n) is 7.35. The summed E-state index contributed by atoms with van der Waals surface area (Å²) in [6.07, 6.45) is 7.98. The number of anilines is 6. The number of nitrogens with zero attached hydrogens (tertiary/aromatic N) is 6. The van der Waals surface area contributed by atoms with Crippen molar-refractivity contribution >= 4 is 46.7 Å². The molecule has 0 spiro atoms. The number of carbonyl (C=O) groups is 2. The Bertz CT molecular complexity index is 1590. The first-order valence-corrected chi connectivity index (χ1v) is 14.0. The molecule has 0 bridgehead atoms. The molecule has 3 aromatic carbocycles. The lowest BCUT2D eigenvalue weighted by molar-refractivity contribution is -0.114. The van der Waals surface area contributed by atoms with Crippen LogP contribution in [0.1, 0.15) is 12.8 Å². The molecule has 1 aromatic heterocycles. The number of amides is 2. The highest BCUT2D eigenvalue weighted by Crippen LogP contribution is 2.39. The number of para-hydroxylation sites is 1. The summed E-state index contributed by atoms with van der Waals surface area (Å²) in [7, 11) is 5.63. The molecule has 1 aliphatic rings. The normalized spacial score (nSPS) is 12.7. The van der Waals surface area contributed by atoms with Crippen molar-refractivity contribution in [3.05, 3.63) is 97.3 Å². The summed E-state index contributed by atoms with van der Waals surface area (Å²) in [5.41, 5.74) is 8.66. The molecule has 43 heavy (non-hydrogen) atoms. The van der Waals surface area contributed by atoms with Gasteiger partial charge in [-0.2, -0.15) is 0 Å². The van der Waals surface area contributed by atoms with E-state index in [4.69, 9.17) is 10.5 Å². The van der Waals surface area contributed by atoms with Gasteiger partial charge in [-0.3, -0.25) is 19.4 Å². The standard InChI is InChI=1S/C33H35N7O3/c1-37(24-14-15-24)20-8-13-30(42)38(2)26-9-7-10-27(21-26)39(3)33-31(32(34)35-22-36-33)40(23-41)25-16-18-29(19-17-25)43-28-11-5-4-6-12-28/h4-13,16-19,21-24H,14-15,20H2,1-3H3,(H2,34,35,36)/b13-8+. The van der Waals surface area contributed by atoms with Gasteiger partial charge in [-0.15, -0.1) is 0 Å². The molecule has 1 saturated carbocycles. The molecule has 2 amide bonds. The molecular weight excluding hydrogens is 542 g/mol. The minimum atomic E-state index is -0.122. The Hall–Kier alpha value is -5.22. The van der Waals surface area contributed by atoms with E-state index in [0.29, 0.717) is 46.8 Å². The van der Waals surface area contributed by atoms with E-state index in [1.54, 1.807) is 47.2 Å². The monoisotopic (exact) mass is 577 g/mol. The molecule has 4 aromatic rings. The van der Waals surface area contributed by atoms with Gasteiger partial charge in [0.1, 0.15) is 23.5 Å². The second-order valence-corrected chi connectivity index (χ2v) is 10.4. The molecule has 1 heterocycles. The lowest BCUT2D eigenvalue weighted by Crippen LogP contribution is -2.26. The maximum atomic E-state index is 12.9. The minimum Gasteiger partial charge on any atom is -0.457 e. The average Bonchev–Trinajstić information content (AvgIpc) is 3.89. The van der Waals surface area contributed by atoms with Gasteiger partial charge in [-0.1, -0.05) is 30.3 Å². The van der Waals surface area contributed by atoms with Gasteiger partial charge in [0.05, 0.1) is 0 Å². The molecule has 0 atom stereocenters. The molecule has 10 heteroatoms. The van der Waals surface area contributed by atoms with Crippen molar-refractivity contribution in [2.45, 2.75) is 18.9 Å². The fraction of sp³-hybridized carbons (Fsp3) is 0.212. The molecular formula is C33H35N7O3. The van der Waals surface area contributed by atoms with Crippen molar-refractivity contribution in [2.24, 2.45) is 0 Å². The molecule has 0 radical (unpaired) electrons. The summed E-state index contributed by atoms with van der Waals surface area (Å²) >= 11 is 0. The highest BCUT2D eigenvalue weighted by Gasteiger charge is 2.25. The van der Waals surface area contributed by atoms with E-state index >= 15 is 0 Å². The SMILES string of the molecule is CN(C(=O)/C=C/CN(C)C1CC1)c1cccc(N(C)c2ncnc(N)c2N(C=O)c2ccc(Oc3ccccc3)cc2)c1. The van der Waals surface area contributed by atoms with E-state index in [-0.39, 0.29) is 11.7 Å². The van der Waals surface area contributed by atoms with E-state index < -0.39 is 0 Å². The largest absolute Gasteiger partial charge is 0.457 e. The van der Waals surface area contributed by atoms with Crippen molar-refractivity contribution in [3.8, 4) is 11.5 Å². The van der Waals surface area contributed by atoms with Crippen LogP contribution in [0.4, 0.5) is 34.4 Å². The van der Waals surface area contributed by atoms with Crippen LogP contribution < -0.4 is 25.2 Å². The summed E-state index contributed by atoms with van der Waals surface area (Å²) < 4.78 is 5.89. The smallest absolute Gasteiger partial charge is 0.250 e. The van der Waals surface area contributed by atoms with E-state index in [1.807, 2.05) is 67.7 Å². The van der Waals surface area contributed by atoms with E-state index in [0.717, 1.165) is 12.2 Å². The van der Waals surface area contributed by atoms with Crippen LogP contribution in [0.5, 0.6) is 11.5 Å². The van der Waals surface area contributed by atoms with Gasteiger partial charge in [0, 0.05) is 49.8 Å². The second kappa shape index (κ2) is 13.2. The Morgan fingerprint density at radius 2 is 1.60 bits per heavy atom. The topological polar surface area (TPSA) is 108 Å². The lowest BCUT2D eigenvalue weighted by Gasteiger charge is -2.27. The van der Waals surface area contributed by atoms with Crippen LogP contribution in [-0.4, -0.2) is 60.9 Å². The molecule has 0 saturated heterocycles. The zero-order chi connectivity index (χ0) is 30.3. The Labute approximate surface area is 251 Å². The number of nitrogen functional groups attached to an aromatic ring is 1. The van der Waals surface area contributed by atoms with E-state index in [2.05, 4.69) is 21.9 Å². The van der Waals surface area contributed by atoms with E-state index in [1.165, 1.54) is 24.1 Å². The molecule has 220 valence electrons. The number of carbonyl (C=O) groups excluding carboxylic acids is 2. The zero-order valence-electron chi connectivity index (χ0n) is 24.5. The minimum absolute atomic E-state index is 0.122. The van der Waals surface area contributed by atoms with Crippen molar-refractivity contribution < 1.29 is 14.3 Å². The van der Waals surface area contributed by atoms with Crippen molar-refractivity contribution in [2.75, 3.05) is 48.1 Å². The molecule has 0 unspecified atom stereocenters. The average molecular weight is 578 g/mol. The maximum Gasteiger partial charge on any atom is 0.250 e. The van der Waals surface area contributed by atoms with Crippen LogP contribution in [0.15, 0.2) is 97.3 Å². The number of rotatable bonds is 12. The summed E-state index contributed by atoms with van der Waals surface area (Å²) in [6.45, 7) is 0.737. The molecule has 1 fully saturated rings. The van der Waals surface area contributed by atoms with Crippen LogP contribution >= 0.6 is 0 Å². The van der Waals surface area contributed by atoms with Gasteiger partial charge in [0.15, 0.2) is 11.6 Å². The van der Waals surface area contributed by atoms with Crippen molar-refractivity contribution in [1.82, 2.24) is 14.9 Å². The predicted octanol–water partition coefficient (Wildman–Crippen LogP) is 5.53. The van der Waals surface area contributed by atoms with Crippen LogP contribution in [0.2, 0.25) is 0 Å². The summed E-state index contributed by atoms with van der Waals surface area (Å²) in [6, 6.07) is 24.7. The van der Waals surface area contributed by atoms with Gasteiger partial charge in [-0.05, 0) is 74.5 Å². The van der Waals surface area contributed by atoms with Crippen LogP contribution in [0.25, 0.3) is 0 Å². The molecule has 2 N–H and O–H groups in total. The fourth-order valence-corrected chi connectivity index (χ4v) is 4.66. The molecule has 5 rings (SSSR count). The number of hydrogen-bond acceptors (Lipinski definition) is 8. The van der Waals surface area contributed by atoms with Crippen molar-refractivity contribution in [1.29, 1.82) is 0 Å². The third-order valence-corrected chi connectivity index (χ3v) is 7.35. The molecule has 1 aliphatic carbocycles. The van der Waals surface area contributed by atoms with Gasteiger partial charge < -0.3 is 20.3 Å². The Balaban J connectivity index is 1.36. The Kier molecular flexibility index (Phi) is 8.97. The number of likely N-dealkylation sites (N-methyl/N-ethyl adjacent to an activating group) is 2. The Morgan fingerprint density at radius 1 is 0.907 bits per heavy atom. The zero-order valence-corrected chi connectivity index (χ0v) is 24.5. The predicted molar refractivity (Wildman–Crippen MR) is 170 cm³/mol. The number of nitrogens with two attached hydrogens (primary N) is 1. The van der Waals surface area contributed by atoms with E-state index in [9.17, 15) is 9.59 Å². The second-order valence-electron chi connectivity index (χ2n) is 10.4. The first-order valence-electron chi connectivity index (χ1n) is 14.0. The number of ether oxygens (including phenoxy) is 1. The van der Waals surface area contributed by atoms with Crippen LogP contribution in [0, 0.1) is 0 Å².